The van der Waals surface area contributed by atoms with Gasteiger partial charge in [-0.1, -0.05) is 28.9 Å². The number of hydrogen-bond acceptors (Lipinski definition) is 3. The molecule has 0 spiro atoms. The van der Waals surface area contributed by atoms with Crippen molar-refractivity contribution in [2.75, 3.05) is 0 Å². The molecule has 2 aromatic carbocycles. The number of halogens is 2. The van der Waals surface area contributed by atoms with Gasteiger partial charge in [0.25, 0.3) is 0 Å². The molecule has 0 aromatic heterocycles. The number of hydrogen-bond donors (Lipinski definition) is 1. The molecule has 0 aliphatic heterocycles. The maximum absolute atomic E-state index is 13.7. The Labute approximate surface area is 127 Å². The first-order valence-corrected chi connectivity index (χ1v) is 6.75. The van der Waals surface area contributed by atoms with E-state index in [-0.39, 0.29) is 6.61 Å². The highest BCUT2D eigenvalue weighted by Gasteiger charge is 2.10. The monoisotopic (exact) mass is 307 g/mol. The third-order valence-corrected chi connectivity index (χ3v) is 3.31. The number of aryl methyl sites for hydroxylation is 1. The molecule has 0 amide bonds. The van der Waals surface area contributed by atoms with Crippen LogP contribution >= 0.6 is 11.6 Å². The molecule has 0 aliphatic rings. The van der Waals surface area contributed by atoms with Crippen molar-refractivity contribution in [3.63, 3.8) is 0 Å². The average Bonchev–Trinajstić information content (AvgIpc) is 2.45. The van der Waals surface area contributed by atoms with Crippen molar-refractivity contribution in [2.45, 2.75) is 20.5 Å². The molecule has 3 nitrogen and oxygen atoms in total. The molecule has 0 bridgehead atoms. The van der Waals surface area contributed by atoms with Gasteiger partial charge in [-0.15, -0.1) is 0 Å². The molecular weight excluding hydrogens is 293 g/mol. The van der Waals surface area contributed by atoms with Crippen LogP contribution in [0.2, 0.25) is 5.02 Å². The summed E-state index contributed by atoms with van der Waals surface area (Å²) in [4.78, 5) is 0. The van der Waals surface area contributed by atoms with E-state index in [0.717, 1.165) is 5.56 Å². The third-order valence-electron chi connectivity index (χ3n) is 3.08. The van der Waals surface area contributed by atoms with Crippen LogP contribution in [0, 0.1) is 12.7 Å². The van der Waals surface area contributed by atoms with Crippen molar-refractivity contribution in [2.24, 2.45) is 5.16 Å². The second-order valence-corrected chi connectivity index (χ2v) is 5.15. The van der Waals surface area contributed by atoms with Crippen molar-refractivity contribution >= 4 is 17.3 Å². The van der Waals surface area contributed by atoms with E-state index >= 15 is 0 Å². The Morgan fingerprint density at radius 2 is 2.05 bits per heavy atom. The fourth-order valence-corrected chi connectivity index (χ4v) is 2.05. The summed E-state index contributed by atoms with van der Waals surface area (Å²) in [6, 6.07) is 9.95. The Morgan fingerprint density at radius 3 is 2.71 bits per heavy atom. The van der Waals surface area contributed by atoms with Crippen LogP contribution in [0.25, 0.3) is 0 Å². The highest BCUT2D eigenvalue weighted by molar-refractivity contribution is 6.30. The van der Waals surface area contributed by atoms with Crippen molar-refractivity contribution in [3.05, 3.63) is 63.9 Å². The maximum atomic E-state index is 13.7. The van der Waals surface area contributed by atoms with Gasteiger partial charge in [0, 0.05) is 16.1 Å². The van der Waals surface area contributed by atoms with Gasteiger partial charge >= 0.3 is 0 Å². The first-order valence-electron chi connectivity index (χ1n) is 6.37. The van der Waals surface area contributed by atoms with Gasteiger partial charge in [0.05, 0.1) is 5.71 Å². The molecule has 0 aliphatic carbocycles. The quantitative estimate of drug-likeness (QED) is 0.511. The fraction of sp³-hybridized carbons (Fsp3) is 0.188. The SMILES string of the molecule is C/C(=N/O)c1ccc(C)cc1OCc1ccc(Cl)cc1F. The zero-order valence-electron chi connectivity index (χ0n) is 11.7. The Bertz CT molecular complexity index is 686. The van der Waals surface area contributed by atoms with Crippen molar-refractivity contribution in [1.29, 1.82) is 0 Å². The lowest BCUT2D eigenvalue weighted by Crippen LogP contribution is -2.04. The highest BCUT2D eigenvalue weighted by atomic mass is 35.5. The Balaban J connectivity index is 2.25. The topological polar surface area (TPSA) is 41.8 Å². The van der Waals surface area contributed by atoms with Crippen molar-refractivity contribution in [1.82, 2.24) is 0 Å². The molecule has 0 heterocycles. The molecule has 1 N–H and O–H groups in total. The number of benzene rings is 2. The molecule has 2 aromatic rings. The van der Waals surface area contributed by atoms with Crippen LogP contribution in [0.1, 0.15) is 23.6 Å². The smallest absolute Gasteiger partial charge is 0.131 e. The zero-order chi connectivity index (χ0) is 15.4. The second-order valence-electron chi connectivity index (χ2n) is 4.71. The van der Waals surface area contributed by atoms with E-state index in [9.17, 15) is 4.39 Å². The summed E-state index contributed by atoms with van der Waals surface area (Å²) < 4.78 is 19.4. The largest absolute Gasteiger partial charge is 0.488 e. The molecule has 0 unspecified atom stereocenters. The van der Waals surface area contributed by atoms with Crippen LogP contribution < -0.4 is 4.74 Å². The van der Waals surface area contributed by atoms with E-state index in [1.165, 1.54) is 6.07 Å². The van der Waals surface area contributed by atoms with E-state index in [2.05, 4.69) is 5.16 Å². The Kier molecular flexibility index (Phi) is 4.81. The molecule has 110 valence electrons. The molecule has 0 fully saturated rings. The minimum atomic E-state index is -0.413. The maximum Gasteiger partial charge on any atom is 0.131 e. The summed E-state index contributed by atoms with van der Waals surface area (Å²) in [5.41, 5.74) is 2.50. The summed E-state index contributed by atoms with van der Waals surface area (Å²) in [6.07, 6.45) is 0. The summed E-state index contributed by atoms with van der Waals surface area (Å²) >= 11 is 5.72. The van der Waals surface area contributed by atoms with E-state index in [1.807, 2.05) is 19.1 Å². The lowest BCUT2D eigenvalue weighted by atomic mass is 10.1. The van der Waals surface area contributed by atoms with Crippen LogP contribution in [0.3, 0.4) is 0 Å². The zero-order valence-corrected chi connectivity index (χ0v) is 12.5. The van der Waals surface area contributed by atoms with E-state index < -0.39 is 5.82 Å². The number of rotatable bonds is 4. The molecule has 2 rings (SSSR count). The van der Waals surface area contributed by atoms with Crippen molar-refractivity contribution in [3.8, 4) is 5.75 Å². The van der Waals surface area contributed by atoms with Crippen molar-refractivity contribution < 1.29 is 14.3 Å². The Morgan fingerprint density at radius 1 is 1.29 bits per heavy atom. The van der Waals surface area contributed by atoms with Crippen LogP contribution in [0.15, 0.2) is 41.6 Å². The number of nitrogens with zero attached hydrogens (tertiary/aromatic N) is 1. The second kappa shape index (κ2) is 6.59. The van der Waals surface area contributed by atoms with Gasteiger partial charge < -0.3 is 9.94 Å². The van der Waals surface area contributed by atoms with Gasteiger partial charge in [0.1, 0.15) is 18.2 Å². The molecule has 0 atom stereocenters. The average molecular weight is 308 g/mol. The predicted octanol–water partition coefficient (Wildman–Crippen LogP) is 4.56. The van der Waals surface area contributed by atoms with Gasteiger partial charge in [-0.05, 0) is 43.7 Å². The molecule has 0 saturated carbocycles. The summed E-state index contributed by atoms with van der Waals surface area (Å²) in [6.45, 7) is 3.66. The van der Waals surface area contributed by atoms with Crippen LogP contribution in [-0.2, 0) is 6.61 Å². The molecular formula is C16H15ClFNO2. The Hall–Kier alpha value is -2.07. The third kappa shape index (κ3) is 3.73. The minimum Gasteiger partial charge on any atom is -0.488 e. The minimum absolute atomic E-state index is 0.0676. The lowest BCUT2D eigenvalue weighted by Gasteiger charge is -2.12. The van der Waals surface area contributed by atoms with Crippen LogP contribution in [-0.4, -0.2) is 10.9 Å². The van der Waals surface area contributed by atoms with Gasteiger partial charge in [-0.3, -0.25) is 0 Å². The molecule has 21 heavy (non-hydrogen) atoms. The molecule has 5 heteroatoms. The predicted molar refractivity (Wildman–Crippen MR) is 80.9 cm³/mol. The summed E-state index contributed by atoms with van der Waals surface area (Å²) in [5, 5.41) is 12.4. The summed E-state index contributed by atoms with van der Waals surface area (Å²) in [5.74, 6) is 0.129. The number of oxime groups is 1. The van der Waals surface area contributed by atoms with Crippen LogP contribution in [0.4, 0.5) is 4.39 Å². The van der Waals surface area contributed by atoms with Gasteiger partial charge in [-0.25, -0.2) is 4.39 Å². The molecule has 0 saturated heterocycles. The first kappa shape index (κ1) is 15.3. The normalized spacial score (nSPS) is 11.5. The van der Waals surface area contributed by atoms with Gasteiger partial charge in [-0.2, -0.15) is 0 Å². The van der Waals surface area contributed by atoms with Crippen LogP contribution in [0.5, 0.6) is 5.75 Å². The van der Waals surface area contributed by atoms with E-state index in [4.69, 9.17) is 21.5 Å². The number of ether oxygens (including phenoxy) is 1. The fourth-order valence-electron chi connectivity index (χ4n) is 1.90. The van der Waals surface area contributed by atoms with E-state index in [1.54, 1.807) is 25.1 Å². The molecule has 0 radical (unpaired) electrons. The summed E-state index contributed by atoms with van der Waals surface area (Å²) in [7, 11) is 0. The van der Waals surface area contributed by atoms with Gasteiger partial charge in [0.2, 0.25) is 0 Å². The highest BCUT2D eigenvalue weighted by Crippen LogP contribution is 2.23. The van der Waals surface area contributed by atoms with Gasteiger partial charge in [0.15, 0.2) is 0 Å². The first-order chi connectivity index (χ1) is 10.0. The van der Waals surface area contributed by atoms with E-state index in [0.29, 0.717) is 27.6 Å². The standard InChI is InChI=1S/C16H15ClFNO2/c1-10-3-6-14(11(2)19-20)16(7-10)21-9-12-4-5-13(17)8-15(12)18/h3-8,20H,9H2,1-2H3/b19-11-. The lowest BCUT2D eigenvalue weighted by molar-refractivity contribution is 0.297.